The number of carbonyl (C=O) groups excluding carboxylic acids is 1. The molecule has 150 valence electrons. The van der Waals surface area contributed by atoms with Gasteiger partial charge >= 0.3 is 0 Å². The number of hydrogen-bond donors (Lipinski definition) is 1. The van der Waals surface area contributed by atoms with E-state index < -0.39 is 0 Å². The van der Waals surface area contributed by atoms with Crippen molar-refractivity contribution in [3.63, 3.8) is 0 Å². The van der Waals surface area contributed by atoms with E-state index in [0.717, 1.165) is 41.4 Å². The Morgan fingerprint density at radius 2 is 1.93 bits per heavy atom. The normalized spacial score (nSPS) is 13.4. The van der Waals surface area contributed by atoms with Gasteiger partial charge in [-0.3, -0.25) is 9.36 Å². The van der Waals surface area contributed by atoms with Crippen LogP contribution in [0, 0.1) is 6.92 Å². The molecule has 0 bridgehead atoms. The van der Waals surface area contributed by atoms with Gasteiger partial charge in [0.1, 0.15) is 17.3 Å². The monoisotopic (exact) mass is 398 g/mol. The van der Waals surface area contributed by atoms with Crippen LogP contribution in [0.2, 0.25) is 0 Å². The van der Waals surface area contributed by atoms with Gasteiger partial charge in [0.25, 0.3) is 5.91 Å². The van der Waals surface area contributed by atoms with Crippen molar-refractivity contribution in [2.75, 3.05) is 0 Å². The Balaban J connectivity index is 1.37. The van der Waals surface area contributed by atoms with Crippen LogP contribution in [0.1, 0.15) is 46.3 Å². The maximum absolute atomic E-state index is 13.0. The van der Waals surface area contributed by atoms with Crippen molar-refractivity contribution in [1.82, 2.24) is 29.6 Å². The predicted molar refractivity (Wildman–Crippen MR) is 113 cm³/mol. The maximum Gasteiger partial charge on any atom is 0.270 e. The van der Waals surface area contributed by atoms with Crippen LogP contribution in [-0.4, -0.2) is 30.2 Å². The number of benzene rings is 1. The smallest absolute Gasteiger partial charge is 0.270 e. The van der Waals surface area contributed by atoms with Gasteiger partial charge in [-0.2, -0.15) is 5.10 Å². The summed E-state index contributed by atoms with van der Waals surface area (Å²) in [6.07, 6.45) is 7.64. The number of rotatable bonds is 6. The first-order chi connectivity index (χ1) is 14.7. The first-order valence-corrected chi connectivity index (χ1v) is 10.1. The van der Waals surface area contributed by atoms with Crippen molar-refractivity contribution < 1.29 is 4.79 Å². The number of imidazole rings is 1. The number of nitrogens with one attached hydrogen (secondary N) is 1. The van der Waals surface area contributed by atoms with Crippen LogP contribution >= 0.6 is 0 Å². The molecule has 7 nitrogen and oxygen atoms in total. The zero-order valence-electron chi connectivity index (χ0n) is 16.7. The van der Waals surface area contributed by atoms with Gasteiger partial charge < -0.3 is 5.32 Å². The highest BCUT2D eigenvalue weighted by Gasteiger charge is 2.29. The molecule has 1 fully saturated rings. The third-order valence-electron chi connectivity index (χ3n) is 5.29. The number of para-hydroxylation sites is 1. The van der Waals surface area contributed by atoms with E-state index in [0.29, 0.717) is 18.2 Å². The van der Waals surface area contributed by atoms with E-state index in [1.165, 1.54) is 0 Å². The number of aryl methyl sites for hydroxylation is 1. The highest BCUT2D eigenvalue weighted by Crippen LogP contribution is 2.39. The third kappa shape index (κ3) is 3.61. The van der Waals surface area contributed by atoms with E-state index in [9.17, 15) is 4.79 Å². The molecule has 3 heterocycles. The first kappa shape index (κ1) is 18.3. The molecule has 1 N–H and O–H groups in total. The summed E-state index contributed by atoms with van der Waals surface area (Å²) in [5.41, 5.74) is 3.40. The van der Waals surface area contributed by atoms with Crippen LogP contribution in [-0.2, 0) is 6.54 Å². The summed E-state index contributed by atoms with van der Waals surface area (Å²) in [7, 11) is 0. The average molecular weight is 398 g/mol. The van der Waals surface area contributed by atoms with Crippen molar-refractivity contribution in [3.8, 4) is 11.5 Å². The van der Waals surface area contributed by atoms with Crippen LogP contribution in [0.3, 0.4) is 0 Å². The van der Waals surface area contributed by atoms with Gasteiger partial charge in [-0.1, -0.05) is 18.2 Å². The van der Waals surface area contributed by atoms with Gasteiger partial charge in [-0.25, -0.2) is 14.6 Å². The second-order valence-electron chi connectivity index (χ2n) is 7.53. The van der Waals surface area contributed by atoms with Crippen LogP contribution < -0.4 is 5.32 Å². The second-order valence-corrected chi connectivity index (χ2v) is 7.53. The quantitative estimate of drug-likeness (QED) is 0.539. The summed E-state index contributed by atoms with van der Waals surface area (Å²) in [5, 5.41) is 7.74. The van der Waals surface area contributed by atoms with Crippen molar-refractivity contribution in [2.45, 2.75) is 32.2 Å². The highest BCUT2D eigenvalue weighted by atomic mass is 16.2. The molecule has 0 radical (unpaired) electrons. The lowest BCUT2D eigenvalue weighted by Gasteiger charge is -2.10. The summed E-state index contributed by atoms with van der Waals surface area (Å²) in [6.45, 7) is 2.33. The fourth-order valence-corrected chi connectivity index (χ4v) is 3.50. The Bertz CT molecular complexity index is 1190. The largest absolute Gasteiger partial charge is 0.347 e. The molecule has 30 heavy (non-hydrogen) atoms. The minimum absolute atomic E-state index is 0.143. The SMILES string of the molecule is Cc1nccn1-c1cc(CNC(=O)c2cc(C3CC3)nn2-c2ccccc2)ccn1. The summed E-state index contributed by atoms with van der Waals surface area (Å²) in [5.74, 6) is 1.98. The topological polar surface area (TPSA) is 77.6 Å². The molecule has 5 rings (SSSR count). The zero-order valence-corrected chi connectivity index (χ0v) is 16.7. The van der Waals surface area contributed by atoms with Gasteiger partial charge in [0, 0.05) is 31.1 Å². The minimum Gasteiger partial charge on any atom is -0.347 e. The lowest BCUT2D eigenvalue weighted by Crippen LogP contribution is -2.25. The molecule has 1 aliphatic carbocycles. The molecule has 0 unspecified atom stereocenters. The second kappa shape index (κ2) is 7.59. The molecule has 1 saturated carbocycles. The Labute approximate surface area is 174 Å². The lowest BCUT2D eigenvalue weighted by molar-refractivity contribution is 0.0943. The molecule has 0 saturated heterocycles. The van der Waals surface area contributed by atoms with Crippen LogP contribution in [0.15, 0.2) is 67.1 Å². The van der Waals surface area contributed by atoms with Crippen LogP contribution in [0.5, 0.6) is 0 Å². The van der Waals surface area contributed by atoms with E-state index in [-0.39, 0.29) is 5.91 Å². The Morgan fingerprint density at radius 3 is 2.67 bits per heavy atom. The van der Waals surface area contributed by atoms with Crippen molar-refractivity contribution in [1.29, 1.82) is 0 Å². The standard InChI is InChI=1S/C23H22N6O/c1-16-24-11-12-28(16)22-13-17(9-10-25-22)15-26-23(30)21-14-20(18-7-8-18)27-29(21)19-5-3-2-4-6-19/h2-6,9-14,18H,7-8,15H2,1H3,(H,26,30). The molecule has 1 aliphatic rings. The van der Waals surface area contributed by atoms with Crippen LogP contribution in [0.4, 0.5) is 0 Å². The van der Waals surface area contributed by atoms with E-state index in [1.807, 2.05) is 66.2 Å². The van der Waals surface area contributed by atoms with Gasteiger partial charge in [0.2, 0.25) is 0 Å². The minimum atomic E-state index is -0.143. The van der Waals surface area contributed by atoms with Gasteiger partial charge in [0.05, 0.1) is 11.4 Å². The molecule has 7 heteroatoms. The molecular weight excluding hydrogens is 376 g/mol. The molecule has 4 aromatic rings. The molecular formula is C23H22N6O. The number of hydrogen-bond acceptors (Lipinski definition) is 4. The van der Waals surface area contributed by atoms with Gasteiger partial charge in [0.15, 0.2) is 0 Å². The van der Waals surface area contributed by atoms with Gasteiger partial charge in [-0.05, 0) is 55.7 Å². The predicted octanol–water partition coefficient (Wildman–Crippen LogP) is 3.57. The summed E-state index contributed by atoms with van der Waals surface area (Å²) in [4.78, 5) is 21.7. The highest BCUT2D eigenvalue weighted by molar-refractivity contribution is 5.93. The molecule has 3 aromatic heterocycles. The van der Waals surface area contributed by atoms with Crippen molar-refractivity contribution >= 4 is 5.91 Å². The number of aromatic nitrogens is 5. The summed E-state index contributed by atoms with van der Waals surface area (Å²) >= 11 is 0. The maximum atomic E-state index is 13.0. The Kier molecular flexibility index (Phi) is 4.63. The number of nitrogens with zero attached hydrogens (tertiary/aromatic N) is 5. The van der Waals surface area contributed by atoms with E-state index >= 15 is 0 Å². The fourth-order valence-electron chi connectivity index (χ4n) is 3.50. The van der Waals surface area contributed by atoms with E-state index in [2.05, 4.69) is 15.3 Å². The van der Waals surface area contributed by atoms with E-state index in [4.69, 9.17) is 5.10 Å². The Hall–Kier alpha value is -3.74. The third-order valence-corrected chi connectivity index (χ3v) is 5.29. The molecule has 0 atom stereocenters. The molecule has 1 amide bonds. The zero-order chi connectivity index (χ0) is 20.5. The van der Waals surface area contributed by atoms with Crippen molar-refractivity contribution in [2.24, 2.45) is 0 Å². The lowest BCUT2D eigenvalue weighted by atomic mass is 10.2. The van der Waals surface area contributed by atoms with Gasteiger partial charge in [-0.15, -0.1) is 0 Å². The first-order valence-electron chi connectivity index (χ1n) is 10.1. The fraction of sp³-hybridized carbons (Fsp3) is 0.217. The Morgan fingerprint density at radius 1 is 1.10 bits per heavy atom. The van der Waals surface area contributed by atoms with Crippen molar-refractivity contribution in [3.05, 3.63) is 89.9 Å². The van der Waals surface area contributed by atoms with Crippen LogP contribution in [0.25, 0.3) is 11.5 Å². The van der Waals surface area contributed by atoms with E-state index in [1.54, 1.807) is 17.1 Å². The summed E-state index contributed by atoms with van der Waals surface area (Å²) in [6, 6.07) is 15.6. The number of pyridine rings is 1. The average Bonchev–Trinajstić information content (AvgIpc) is 3.38. The summed E-state index contributed by atoms with van der Waals surface area (Å²) < 4.78 is 3.66. The number of carbonyl (C=O) groups is 1. The number of amides is 1. The molecule has 0 aliphatic heterocycles. The molecule has 0 spiro atoms. The molecule has 1 aromatic carbocycles.